The third-order valence-corrected chi connectivity index (χ3v) is 3.79. The number of methoxy groups -OCH3 is 1. The molecule has 0 saturated carbocycles. The van der Waals surface area contributed by atoms with Crippen LogP contribution in [-0.2, 0) is 11.2 Å². The largest absolute Gasteiger partial charge is 0.497 e. The predicted molar refractivity (Wildman–Crippen MR) is 98.9 cm³/mol. The van der Waals surface area contributed by atoms with Gasteiger partial charge < -0.3 is 25.4 Å². The van der Waals surface area contributed by atoms with Crippen LogP contribution in [0, 0.1) is 0 Å². The first kappa shape index (κ1) is 18.6. The van der Waals surface area contributed by atoms with Crippen LogP contribution in [0.5, 0.6) is 5.75 Å². The molecule has 2 aromatic carbocycles. The lowest BCUT2D eigenvalue weighted by Gasteiger charge is -2.22. The second-order valence-corrected chi connectivity index (χ2v) is 5.79. The average molecular weight is 343 g/mol. The molecule has 0 fully saturated rings. The zero-order valence-electron chi connectivity index (χ0n) is 14.6. The number of rotatable bonds is 9. The maximum Gasteiger partial charge on any atom is 0.312 e. The van der Waals surface area contributed by atoms with Crippen molar-refractivity contribution in [3.8, 4) is 5.75 Å². The van der Waals surface area contributed by atoms with Gasteiger partial charge in [0.25, 0.3) is 0 Å². The Kier molecular flexibility index (Phi) is 7.10. The molecule has 0 heterocycles. The van der Waals surface area contributed by atoms with E-state index >= 15 is 0 Å². The van der Waals surface area contributed by atoms with Crippen molar-refractivity contribution in [1.82, 2.24) is 5.32 Å². The van der Waals surface area contributed by atoms with Gasteiger partial charge in [-0.2, -0.15) is 0 Å². The first-order valence-electron chi connectivity index (χ1n) is 8.11. The molecule has 0 saturated heterocycles. The predicted octanol–water partition coefficient (Wildman–Crippen LogP) is 2.39. The minimum atomic E-state index is -0.548. The Hall–Kier alpha value is -2.73. The number of ether oxygens (including phenoxy) is 2. The topological polar surface area (TPSA) is 76.8 Å². The fraction of sp³-hybridized carbons (Fsp3) is 0.316. The maximum absolute atomic E-state index is 11.2. The summed E-state index contributed by atoms with van der Waals surface area (Å²) in [5, 5.41) is 2.74. The number of amides is 2. The van der Waals surface area contributed by atoms with Gasteiger partial charge in [0.1, 0.15) is 12.5 Å². The Morgan fingerprint density at radius 2 is 1.84 bits per heavy atom. The van der Waals surface area contributed by atoms with E-state index in [1.165, 1.54) is 0 Å². The van der Waals surface area contributed by atoms with Gasteiger partial charge in [0, 0.05) is 12.7 Å². The minimum absolute atomic E-state index is 0.177. The molecule has 2 rings (SSSR count). The fourth-order valence-corrected chi connectivity index (χ4v) is 2.49. The van der Waals surface area contributed by atoms with Crippen LogP contribution in [0.1, 0.15) is 5.56 Å². The van der Waals surface area contributed by atoms with E-state index in [1.54, 1.807) is 7.11 Å². The van der Waals surface area contributed by atoms with Crippen LogP contribution in [0.2, 0.25) is 0 Å². The summed E-state index contributed by atoms with van der Waals surface area (Å²) in [5.74, 6) is 0.812. The standard InChI is InChI=1S/C19H25N3O3/c1-22(17-8-10-18(24-2)11-9-17)14-25-13-16(21-19(20)23)12-15-6-4-3-5-7-15/h3-11,16H,12-14H2,1-2H3,(H3,20,21,23)/t16-/m0/s1. The summed E-state index contributed by atoms with van der Waals surface area (Å²) in [5.41, 5.74) is 7.40. The van der Waals surface area contributed by atoms with Gasteiger partial charge in [-0.25, -0.2) is 4.79 Å². The Labute approximate surface area is 148 Å². The molecule has 25 heavy (non-hydrogen) atoms. The lowest BCUT2D eigenvalue weighted by atomic mass is 10.1. The molecule has 2 aromatic rings. The van der Waals surface area contributed by atoms with Crippen molar-refractivity contribution in [3.63, 3.8) is 0 Å². The van der Waals surface area contributed by atoms with E-state index in [-0.39, 0.29) is 6.04 Å². The highest BCUT2D eigenvalue weighted by Crippen LogP contribution is 2.18. The zero-order chi connectivity index (χ0) is 18.1. The first-order valence-corrected chi connectivity index (χ1v) is 8.11. The summed E-state index contributed by atoms with van der Waals surface area (Å²) in [6, 6.07) is 16.9. The quantitative estimate of drug-likeness (QED) is 0.686. The van der Waals surface area contributed by atoms with Gasteiger partial charge in [-0.1, -0.05) is 30.3 Å². The summed E-state index contributed by atoms with van der Waals surface area (Å²) in [4.78, 5) is 13.2. The number of anilines is 1. The van der Waals surface area contributed by atoms with Crippen molar-refractivity contribution in [2.24, 2.45) is 5.73 Å². The molecule has 0 aromatic heterocycles. The van der Waals surface area contributed by atoms with E-state index in [1.807, 2.05) is 66.5 Å². The number of nitrogens with one attached hydrogen (secondary N) is 1. The third-order valence-electron chi connectivity index (χ3n) is 3.79. The van der Waals surface area contributed by atoms with Crippen LogP contribution in [-0.4, -0.2) is 39.6 Å². The van der Waals surface area contributed by atoms with E-state index in [0.717, 1.165) is 17.0 Å². The monoisotopic (exact) mass is 343 g/mol. The summed E-state index contributed by atoms with van der Waals surface area (Å²) in [7, 11) is 3.58. The number of hydrogen-bond donors (Lipinski definition) is 2. The molecule has 134 valence electrons. The number of primary amides is 1. The first-order chi connectivity index (χ1) is 12.1. The van der Waals surface area contributed by atoms with E-state index in [2.05, 4.69) is 5.32 Å². The summed E-state index contributed by atoms with van der Waals surface area (Å²) in [6.07, 6.45) is 0.663. The Morgan fingerprint density at radius 3 is 2.44 bits per heavy atom. The van der Waals surface area contributed by atoms with E-state index in [9.17, 15) is 4.79 Å². The van der Waals surface area contributed by atoms with Crippen LogP contribution < -0.4 is 20.7 Å². The van der Waals surface area contributed by atoms with Crippen molar-refractivity contribution in [2.45, 2.75) is 12.5 Å². The summed E-state index contributed by atoms with van der Waals surface area (Å²) < 4.78 is 10.9. The van der Waals surface area contributed by atoms with Crippen LogP contribution in [0.4, 0.5) is 10.5 Å². The molecule has 0 aliphatic rings. The molecule has 6 nitrogen and oxygen atoms in total. The van der Waals surface area contributed by atoms with Crippen molar-refractivity contribution in [3.05, 3.63) is 60.2 Å². The van der Waals surface area contributed by atoms with Crippen molar-refractivity contribution >= 4 is 11.7 Å². The van der Waals surface area contributed by atoms with Crippen LogP contribution in [0.3, 0.4) is 0 Å². The number of hydrogen-bond acceptors (Lipinski definition) is 4. The molecule has 0 aliphatic carbocycles. The molecule has 6 heteroatoms. The lowest BCUT2D eigenvalue weighted by molar-refractivity contribution is 0.116. The molecule has 0 unspecified atom stereocenters. The smallest absolute Gasteiger partial charge is 0.312 e. The second-order valence-electron chi connectivity index (χ2n) is 5.79. The Balaban J connectivity index is 1.85. The molecule has 0 radical (unpaired) electrons. The Bertz CT molecular complexity index is 647. The van der Waals surface area contributed by atoms with Crippen LogP contribution in [0.15, 0.2) is 54.6 Å². The molecular weight excluding hydrogens is 318 g/mol. The van der Waals surface area contributed by atoms with Crippen LogP contribution in [0.25, 0.3) is 0 Å². The SMILES string of the molecule is COc1ccc(N(C)COC[C@H](Cc2ccccc2)NC(N)=O)cc1. The van der Waals surface area contributed by atoms with Crippen molar-refractivity contribution in [1.29, 1.82) is 0 Å². The molecule has 2 amide bonds. The number of carbonyl (C=O) groups excluding carboxylic acids is 1. The number of nitrogens with two attached hydrogens (primary N) is 1. The third kappa shape index (κ3) is 6.35. The fourth-order valence-electron chi connectivity index (χ4n) is 2.49. The maximum atomic E-state index is 11.2. The number of urea groups is 1. The molecule has 3 N–H and O–H groups in total. The van der Waals surface area contributed by atoms with Gasteiger partial charge in [-0.05, 0) is 36.2 Å². The highest BCUT2D eigenvalue weighted by atomic mass is 16.5. The molecule has 1 atom stereocenters. The molecule has 0 bridgehead atoms. The molecular formula is C19H25N3O3. The number of benzene rings is 2. The van der Waals surface area contributed by atoms with E-state index in [4.69, 9.17) is 15.2 Å². The minimum Gasteiger partial charge on any atom is -0.497 e. The zero-order valence-corrected chi connectivity index (χ0v) is 14.6. The Morgan fingerprint density at radius 1 is 1.16 bits per heavy atom. The molecule has 0 spiro atoms. The van der Waals surface area contributed by atoms with Gasteiger partial charge in [0.05, 0.1) is 19.8 Å². The summed E-state index contributed by atoms with van der Waals surface area (Å²) in [6.45, 7) is 0.774. The highest BCUT2D eigenvalue weighted by Gasteiger charge is 2.12. The second kappa shape index (κ2) is 9.54. The van der Waals surface area contributed by atoms with E-state index in [0.29, 0.717) is 19.8 Å². The van der Waals surface area contributed by atoms with Gasteiger partial charge in [-0.3, -0.25) is 0 Å². The average Bonchev–Trinajstić information content (AvgIpc) is 2.62. The van der Waals surface area contributed by atoms with Gasteiger partial charge in [0.2, 0.25) is 0 Å². The van der Waals surface area contributed by atoms with Gasteiger partial charge in [-0.15, -0.1) is 0 Å². The lowest BCUT2D eigenvalue weighted by Crippen LogP contribution is -2.43. The normalized spacial score (nSPS) is 11.6. The van der Waals surface area contributed by atoms with Gasteiger partial charge >= 0.3 is 6.03 Å². The number of carbonyl (C=O) groups is 1. The number of nitrogens with zero attached hydrogens (tertiary/aromatic N) is 1. The van der Waals surface area contributed by atoms with Crippen molar-refractivity contribution < 1.29 is 14.3 Å². The molecule has 0 aliphatic heterocycles. The van der Waals surface area contributed by atoms with Crippen molar-refractivity contribution in [2.75, 3.05) is 32.4 Å². The highest BCUT2D eigenvalue weighted by molar-refractivity contribution is 5.72. The summed E-state index contributed by atoms with van der Waals surface area (Å²) >= 11 is 0. The van der Waals surface area contributed by atoms with Gasteiger partial charge in [0.15, 0.2) is 0 Å². The van der Waals surface area contributed by atoms with Crippen LogP contribution >= 0.6 is 0 Å². The van der Waals surface area contributed by atoms with E-state index < -0.39 is 6.03 Å².